The molecule has 1 fully saturated rings. The Kier molecular flexibility index (Phi) is 5.32. The first-order valence-electron chi connectivity index (χ1n) is 7.51. The van der Waals surface area contributed by atoms with Crippen molar-refractivity contribution in [2.45, 2.75) is 11.4 Å². The van der Waals surface area contributed by atoms with E-state index in [0.717, 1.165) is 38.4 Å². The molecule has 0 saturated carbocycles. The molecule has 0 aliphatic carbocycles. The minimum Gasteiger partial charge on any atom is -0.326 e. The van der Waals surface area contributed by atoms with E-state index in [4.69, 9.17) is 0 Å². The Hall–Kier alpha value is -1.56. The van der Waals surface area contributed by atoms with E-state index >= 15 is 0 Å². The van der Waals surface area contributed by atoms with Crippen LogP contribution in [-0.2, 0) is 6.54 Å². The van der Waals surface area contributed by atoms with Crippen molar-refractivity contribution in [3.8, 4) is 0 Å². The zero-order chi connectivity index (χ0) is 15.2. The van der Waals surface area contributed by atoms with Crippen LogP contribution in [0.2, 0.25) is 0 Å². The molecule has 116 valence electrons. The highest BCUT2D eigenvalue weighted by molar-refractivity contribution is 8.00. The molecule has 1 heterocycles. The van der Waals surface area contributed by atoms with Gasteiger partial charge < -0.3 is 10.0 Å². The SMILES string of the molecule is Fc1ccccc1SNc1ccc(CN2CCNCC2)cc1. The second-order valence-electron chi connectivity index (χ2n) is 5.36. The van der Waals surface area contributed by atoms with Crippen LogP contribution >= 0.6 is 11.9 Å². The summed E-state index contributed by atoms with van der Waals surface area (Å²) in [6.45, 7) is 5.33. The van der Waals surface area contributed by atoms with Crippen molar-refractivity contribution in [3.63, 3.8) is 0 Å². The third kappa shape index (κ3) is 4.22. The second-order valence-corrected chi connectivity index (χ2v) is 6.21. The molecule has 5 heteroatoms. The Balaban J connectivity index is 1.54. The fraction of sp³-hybridized carbons (Fsp3) is 0.294. The molecule has 0 aromatic heterocycles. The van der Waals surface area contributed by atoms with Crippen LogP contribution in [0.3, 0.4) is 0 Å². The monoisotopic (exact) mass is 317 g/mol. The van der Waals surface area contributed by atoms with E-state index in [1.165, 1.54) is 23.6 Å². The minimum atomic E-state index is -0.199. The summed E-state index contributed by atoms with van der Waals surface area (Å²) in [6.07, 6.45) is 0. The Bertz CT molecular complexity index is 597. The summed E-state index contributed by atoms with van der Waals surface area (Å²) in [4.78, 5) is 3.06. The van der Waals surface area contributed by atoms with E-state index in [1.807, 2.05) is 18.2 Å². The first kappa shape index (κ1) is 15.3. The molecule has 22 heavy (non-hydrogen) atoms. The molecule has 0 atom stereocenters. The average Bonchev–Trinajstić information content (AvgIpc) is 2.56. The number of nitrogens with one attached hydrogen (secondary N) is 2. The van der Waals surface area contributed by atoms with Gasteiger partial charge in [-0.05, 0) is 41.8 Å². The Morgan fingerprint density at radius 3 is 2.50 bits per heavy atom. The van der Waals surface area contributed by atoms with Crippen LogP contribution in [0.1, 0.15) is 5.56 Å². The van der Waals surface area contributed by atoms with E-state index < -0.39 is 0 Å². The predicted octanol–water partition coefficient (Wildman–Crippen LogP) is 3.35. The number of nitrogens with zero attached hydrogens (tertiary/aromatic N) is 1. The first-order valence-corrected chi connectivity index (χ1v) is 8.32. The summed E-state index contributed by atoms with van der Waals surface area (Å²) in [5.41, 5.74) is 2.29. The molecule has 0 spiro atoms. The number of benzene rings is 2. The lowest BCUT2D eigenvalue weighted by molar-refractivity contribution is 0.233. The highest BCUT2D eigenvalue weighted by Gasteiger charge is 2.09. The van der Waals surface area contributed by atoms with Crippen LogP contribution in [-0.4, -0.2) is 31.1 Å². The molecule has 3 rings (SSSR count). The predicted molar refractivity (Wildman–Crippen MR) is 90.5 cm³/mol. The van der Waals surface area contributed by atoms with E-state index in [-0.39, 0.29) is 5.82 Å². The zero-order valence-corrected chi connectivity index (χ0v) is 13.2. The van der Waals surface area contributed by atoms with Crippen LogP contribution in [0.25, 0.3) is 0 Å². The maximum Gasteiger partial charge on any atom is 0.138 e. The molecule has 0 radical (unpaired) electrons. The molecule has 1 saturated heterocycles. The van der Waals surface area contributed by atoms with Gasteiger partial charge >= 0.3 is 0 Å². The molecule has 3 nitrogen and oxygen atoms in total. The Labute approximate surface area is 135 Å². The number of halogens is 1. The molecular formula is C17H20FN3S. The Morgan fingerprint density at radius 2 is 1.77 bits per heavy atom. The van der Waals surface area contributed by atoms with Gasteiger partial charge in [-0.1, -0.05) is 24.3 Å². The number of piperazine rings is 1. The van der Waals surface area contributed by atoms with E-state index in [9.17, 15) is 4.39 Å². The van der Waals surface area contributed by atoms with Gasteiger partial charge in [0.25, 0.3) is 0 Å². The van der Waals surface area contributed by atoms with E-state index in [0.29, 0.717) is 4.90 Å². The summed E-state index contributed by atoms with van der Waals surface area (Å²) in [5, 5.41) is 3.36. The minimum absolute atomic E-state index is 0.199. The van der Waals surface area contributed by atoms with Crippen LogP contribution in [0.15, 0.2) is 53.4 Å². The molecule has 1 aliphatic rings. The molecular weight excluding hydrogens is 297 g/mol. The van der Waals surface area contributed by atoms with Crippen LogP contribution in [0, 0.1) is 5.82 Å². The van der Waals surface area contributed by atoms with Gasteiger partial charge in [0.2, 0.25) is 0 Å². The number of hydrogen-bond acceptors (Lipinski definition) is 4. The lowest BCUT2D eigenvalue weighted by Gasteiger charge is -2.27. The maximum atomic E-state index is 13.5. The van der Waals surface area contributed by atoms with Gasteiger partial charge in [0.1, 0.15) is 5.82 Å². The smallest absolute Gasteiger partial charge is 0.138 e. The average molecular weight is 317 g/mol. The highest BCUT2D eigenvalue weighted by atomic mass is 32.2. The van der Waals surface area contributed by atoms with Crippen molar-refractivity contribution in [2.24, 2.45) is 0 Å². The lowest BCUT2D eigenvalue weighted by atomic mass is 10.2. The molecule has 2 N–H and O–H groups in total. The van der Waals surface area contributed by atoms with Crippen molar-refractivity contribution in [3.05, 3.63) is 59.9 Å². The van der Waals surface area contributed by atoms with Crippen LogP contribution < -0.4 is 10.0 Å². The molecule has 0 unspecified atom stereocenters. The zero-order valence-electron chi connectivity index (χ0n) is 12.4. The number of anilines is 1. The van der Waals surface area contributed by atoms with E-state index in [2.05, 4.69) is 27.1 Å². The van der Waals surface area contributed by atoms with Gasteiger partial charge in [0, 0.05) is 38.4 Å². The summed E-state index contributed by atoms with van der Waals surface area (Å²) < 4.78 is 16.7. The van der Waals surface area contributed by atoms with Gasteiger partial charge in [-0.3, -0.25) is 4.90 Å². The molecule has 0 bridgehead atoms. The quantitative estimate of drug-likeness (QED) is 0.827. The fourth-order valence-corrected chi connectivity index (χ4v) is 3.12. The van der Waals surface area contributed by atoms with Crippen molar-refractivity contribution in [2.75, 3.05) is 30.9 Å². The summed E-state index contributed by atoms with van der Waals surface area (Å²) >= 11 is 1.30. The standard InChI is InChI=1S/C17H20FN3S/c18-16-3-1-2-4-17(16)22-20-15-7-5-14(6-8-15)13-21-11-9-19-10-12-21/h1-8,19-20H,9-13H2. The largest absolute Gasteiger partial charge is 0.326 e. The topological polar surface area (TPSA) is 27.3 Å². The molecule has 0 amide bonds. The van der Waals surface area contributed by atoms with Crippen LogP contribution in [0.5, 0.6) is 0 Å². The summed E-state index contributed by atoms with van der Waals surface area (Å²) in [6, 6.07) is 15.1. The lowest BCUT2D eigenvalue weighted by Crippen LogP contribution is -2.42. The fourth-order valence-electron chi connectivity index (χ4n) is 2.45. The van der Waals surface area contributed by atoms with Gasteiger partial charge in [-0.15, -0.1) is 0 Å². The van der Waals surface area contributed by atoms with Crippen LogP contribution in [0.4, 0.5) is 10.1 Å². The highest BCUT2D eigenvalue weighted by Crippen LogP contribution is 2.23. The maximum absolute atomic E-state index is 13.5. The van der Waals surface area contributed by atoms with Crippen molar-refractivity contribution in [1.82, 2.24) is 10.2 Å². The first-order chi connectivity index (χ1) is 10.8. The molecule has 1 aliphatic heterocycles. The second kappa shape index (κ2) is 7.63. The number of rotatable bonds is 5. The summed E-state index contributed by atoms with van der Waals surface area (Å²) in [7, 11) is 0. The van der Waals surface area contributed by atoms with Gasteiger partial charge in [-0.25, -0.2) is 4.39 Å². The van der Waals surface area contributed by atoms with Crippen molar-refractivity contribution in [1.29, 1.82) is 0 Å². The normalized spacial score (nSPS) is 15.7. The van der Waals surface area contributed by atoms with Gasteiger partial charge in [0.05, 0.1) is 4.90 Å². The third-order valence-corrected chi connectivity index (χ3v) is 4.57. The number of hydrogen-bond donors (Lipinski definition) is 2. The van der Waals surface area contributed by atoms with Gasteiger partial charge in [-0.2, -0.15) is 0 Å². The molecule has 2 aromatic rings. The third-order valence-electron chi connectivity index (χ3n) is 3.69. The van der Waals surface area contributed by atoms with E-state index in [1.54, 1.807) is 12.1 Å². The summed E-state index contributed by atoms with van der Waals surface area (Å²) in [5.74, 6) is -0.199. The van der Waals surface area contributed by atoms with Crippen molar-refractivity contribution >= 4 is 17.6 Å². The molecule has 2 aromatic carbocycles. The van der Waals surface area contributed by atoms with Crippen molar-refractivity contribution < 1.29 is 4.39 Å². The van der Waals surface area contributed by atoms with Gasteiger partial charge in [0.15, 0.2) is 0 Å². The Morgan fingerprint density at radius 1 is 1.05 bits per heavy atom.